The lowest BCUT2D eigenvalue weighted by atomic mass is 10.0. The van der Waals surface area contributed by atoms with Crippen LogP contribution in [0.1, 0.15) is 15.9 Å². The third-order valence-corrected chi connectivity index (χ3v) is 2.86. The van der Waals surface area contributed by atoms with Crippen LogP contribution in [0.3, 0.4) is 0 Å². The number of nitrogens with zero attached hydrogens (tertiary/aromatic N) is 1. The number of pyridine rings is 1. The molecule has 86 valence electrons. The zero-order valence-corrected chi connectivity index (χ0v) is 10.0. The van der Waals surface area contributed by atoms with E-state index in [1.54, 1.807) is 18.3 Å². The molecule has 0 atom stereocenters. The van der Waals surface area contributed by atoms with E-state index < -0.39 is 5.91 Å². The van der Waals surface area contributed by atoms with Gasteiger partial charge in [-0.15, -0.1) is 0 Å². The SMILES string of the molecule is Cc1ccnc(-c2ccccc2Cl)c1C(N)=O. The molecule has 0 saturated carbocycles. The van der Waals surface area contributed by atoms with Crippen molar-refractivity contribution < 1.29 is 4.79 Å². The van der Waals surface area contributed by atoms with Gasteiger partial charge in [-0.2, -0.15) is 0 Å². The molecule has 1 aromatic carbocycles. The molecule has 4 heteroatoms. The number of primary amides is 1. The molecular formula is C13H11ClN2O. The lowest BCUT2D eigenvalue weighted by Crippen LogP contribution is -2.15. The highest BCUT2D eigenvalue weighted by Crippen LogP contribution is 2.29. The van der Waals surface area contributed by atoms with E-state index in [1.807, 2.05) is 25.1 Å². The van der Waals surface area contributed by atoms with Crippen LogP contribution in [-0.4, -0.2) is 10.9 Å². The van der Waals surface area contributed by atoms with Crippen LogP contribution in [-0.2, 0) is 0 Å². The molecule has 0 bridgehead atoms. The van der Waals surface area contributed by atoms with Gasteiger partial charge in [-0.05, 0) is 24.6 Å². The van der Waals surface area contributed by atoms with Crippen LogP contribution in [0, 0.1) is 6.92 Å². The van der Waals surface area contributed by atoms with Crippen molar-refractivity contribution >= 4 is 17.5 Å². The summed E-state index contributed by atoms with van der Waals surface area (Å²) in [5, 5.41) is 0.549. The van der Waals surface area contributed by atoms with Gasteiger partial charge in [0.25, 0.3) is 5.91 Å². The van der Waals surface area contributed by atoms with Crippen molar-refractivity contribution in [1.29, 1.82) is 0 Å². The minimum absolute atomic E-state index is 0.417. The molecule has 0 aliphatic rings. The van der Waals surface area contributed by atoms with E-state index in [-0.39, 0.29) is 0 Å². The molecule has 0 spiro atoms. The molecule has 1 amide bonds. The normalized spacial score (nSPS) is 10.2. The van der Waals surface area contributed by atoms with E-state index >= 15 is 0 Å². The molecule has 0 aliphatic carbocycles. The lowest BCUT2D eigenvalue weighted by molar-refractivity contribution is 0.1000. The van der Waals surface area contributed by atoms with Gasteiger partial charge in [-0.3, -0.25) is 9.78 Å². The summed E-state index contributed by atoms with van der Waals surface area (Å²) in [6.45, 7) is 1.82. The van der Waals surface area contributed by atoms with Gasteiger partial charge in [-0.25, -0.2) is 0 Å². The number of carbonyl (C=O) groups is 1. The van der Waals surface area contributed by atoms with Crippen molar-refractivity contribution in [3.63, 3.8) is 0 Å². The van der Waals surface area contributed by atoms with Gasteiger partial charge in [0.15, 0.2) is 0 Å². The number of nitrogens with two attached hydrogens (primary N) is 1. The Kier molecular flexibility index (Phi) is 3.11. The fourth-order valence-corrected chi connectivity index (χ4v) is 1.95. The second-order valence-electron chi connectivity index (χ2n) is 3.70. The van der Waals surface area contributed by atoms with Crippen LogP contribution in [0.15, 0.2) is 36.5 Å². The standard InChI is InChI=1S/C13H11ClN2O/c1-8-6-7-16-12(11(8)13(15)17)9-4-2-3-5-10(9)14/h2-7H,1H3,(H2,15,17). The van der Waals surface area contributed by atoms with Crippen LogP contribution in [0.5, 0.6) is 0 Å². The zero-order valence-electron chi connectivity index (χ0n) is 9.27. The average molecular weight is 247 g/mol. The van der Waals surface area contributed by atoms with Gasteiger partial charge < -0.3 is 5.73 Å². The average Bonchev–Trinajstić information content (AvgIpc) is 2.28. The molecule has 1 heterocycles. The maximum atomic E-state index is 11.5. The summed E-state index contributed by atoms with van der Waals surface area (Å²) >= 11 is 6.10. The molecule has 0 aliphatic heterocycles. The topological polar surface area (TPSA) is 56.0 Å². The number of aryl methyl sites for hydroxylation is 1. The van der Waals surface area contributed by atoms with Crippen LogP contribution in [0.2, 0.25) is 5.02 Å². The third-order valence-electron chi connectivity index (χ3n) is 2.53. The number of aromatic nitrogens is 1. The first-order valence-corrected chi connectivity index (χ1v) is 5.49. The van der Waals surface area contributed by atoms with Gasteiger partial charge >= 0.3 is 0 Å². The number of rotatable bonds is 2. The minimum Gasteiger partial charge on any atom is -0.366 e. The number of hydrogen-bond donors (Lipinski definition) is 1. The number of benzene rings is 1. The van der Waals surface area contributed by atoms with E-state index in [4.69, 9.17) is 17.3 Å². The molecule has 17 heavy (non-hydrogen) atoms. The maximum absolute atomic E-state index is 11.5. The fraction of sp³-hybridized carbons (Fsp3) is 0.0769. The third kappa shape index (κ3) is 2.15. The quantitative estimate of drug-likeness (QED) is 0.886. The summed E-state index contributed by atoms with van der Waals surface area (Å²) in [4.78, 5) is 15.7. The number of hydrogen-bond acceptors (Lipinski definition) is 2. The van der Waals surface area contributed by atoms with Gasteiger partial charge in [-0.1, -0.05) is 29.8 Å². The summed E-state index contributed by atoms with van der Waals surface area (Å²) in [7, 11) is 0. The van der Waals surface area contributed by atoms with Gasteiger partial charge in [0, 0.05) is 16.8 Å². The lowest BCUT2D eigenvalue weighted by Gasteiger charge is -2.09. The Morgan fingerprint density at radius 3 is 2.65 bits per heavy atom. The molecule has 2 aromatic rings. The Labute approximate surface area is 104 Å². The van der Waals surface area contributed by atoms with Gasteiger partial charge in [0.2, 0.25) is 0 Å². The number of carbonyl (C=O) groups excluding carboxylic acids is 1. The summed E-state index contributed by atoms with van der Waals surface area (Å²) in [6.07, 6.45) is 1.64. The monoisotopic (exact) mass is 246 g/mol. The molecule has 2 rings (SSSR count). The molecule has 0 radical (unpaired) electrons. The fourth-order valence-electron chi connectivity index (χ4n) is 1.73. The largest absolute Gasteiger partial charge is 0.366 e. The second kappa shape index (κ2) is 4.55. The van der Waals surface area contributed by atoms with Crippen LogP contribution >= 0.6 is 11.6 Å². The molecule has 0 unspecified atom stereocenters. The van der Waals surface area contributed by atoms with Crippen molar-refractivity contribution in [2.75, 3.05) is 0 Å². The summed E-state index contributed by atoms with van der Waals surface area (Å²) < 4.78 is 0. The van der Waals surface area contributed by atoms with E-state index in [2.05, 4.69) is 4.98 Å². The molecule has 3 nitrogen and oxygen atoms in total. The van der Waals surface area contributed by atoms with Crippen molar-refractivity contribution in [2.45, 2.75) is 6.92 Å². The van der Waals surface area contributed by atoms with E-state index in [0.717, 1.165) is 5.56 Å². The van der Waals surface area contributed by atoms with E-state index in [9.17, 15) is 4.79 Å². The Hall–Kier alpha value is -1.87. The molecular weight excluding hydrogens is 236 g/mol. The molecule has 1 aromatic heterocycles. The Bertz CT molecular complexity index is 581. The Balaban J connectivity index is 2.72. The molecule has 2 N–H and O–H groups in total. The minimum atomic E-state index is -0.495. The van der Waals surface area contributed by atoms with Crippen LogP contribution < -0.4 is 5.73 Å². The highest BCUT2D eigenvalue weighted by atomic mass is 35.5. The molecule has 0 fully saturated rings. The van der Waals surface area contributed by atoms with Crippen molar-refractivity contribution in [3.8, 4) is 11.3 Å². The number of halogens is 1. The highest BCUT2D eigenvalue weighted by Gasteiger charge is 2.15. The van der Waals surface area contributed by atoms with Crippen LogP contribution in [0.25, 0.3) is 11.3 Å². The van der Waals surface area contributed by atoms with E-state index in [1.165, 1.54) is 0 Å². The zero-order chi connectivity index (χ0) is 12.4. The van der Waals surface area contributed by atoms with E-state index in [0.29, 0.717) is 21.8 Å². The van der Waals surface area contributed by atoms with Gasteiger partial charge in [0.05, 0.1) is 11.3 Å². The summed E-state index contributed by atoms with van der Waals surface area (Å²) in [5.41, 5.74) is 7.84. The maximum Gasteiger partial charge on any atom is 0.251 e. The highest BCUT2D eigenvalue weighted by molar-refractivity contribution is 6.33. The second-order valence-corrected chi connectivity index (χ2v) is 4.10. The van der Waals surface area contributed by atoms with Crippen LogP contribution in [0.4, 0.5) is 0 Å². The summed E-state index contributed by atoms with van der Waals surface area (Å²) in [6, 6.07) is 8.99. The first-order valence-electron chi connectivity index (χ1n) is 5.11. The van der Waals surface area contributed by atoms with Crippen molar-refractivity contribution in [1.82, 2.24) is 4.98 Å². The predicted octanol–water partition coefficient (Wildman–Crippen LogP) is 2.81. The first kappa shape index (κ1) is 11.6. The van der Waals surface area contributed by atoms with Gasteiger partial charge in [0.1, 0.15) is 0 Å². The number of amides is 1. The Morgan fingerprint density at radius 1 is 1.29 bits per heavy atom. The smallest absolute Gasteiger partial charge is 0.251 e. The van der Waals surface area contributed by atoms with Crippen molar-refractivity contribution in [3.05, 3.63) is 52.7 Å². The summed E-state index contributed by atoms with van der Waals surface area (Å²) in [5.74, 6) is -0.495. The first-order chi connectivity index (χ1) is 8.11. The Morgan fingerprint density at radius 2 is 2.00 bits per heavy atom. The predicted molar refractivity (Wildman–Crippen MR) is 67.9 cm³/mol. The molecule has 0 saturated heterocycles. The van der Waals surface area contributed by atoms with Crippen molar-refractivity contribution in [2.24, 2.45) is 5.73 Å².